The lowest BCUT2D eigenvalue weighted by Gasteiger charge is -2.51. The number of hydrogen-bond donors (Lipinski definition) is 3. The molecule has 0 bridgehead atoms. The highest BCUT2D eigenvalue weighted by Gasteiger charge is 2.56. The molecular formula is C15H16N2O5S2. The van der Waals surface area contributed by atoms with Crippen LogP contribution in [0.1, 0.15) is 11.8 Å². The lowest BCUT2D eigenvalue weighted by molar-refractivity contribution is -0.160. The number of aliphatic hydroxyl groups is 1. The van der Waals surface area contributed by atoms with E-state index in [4.69, 9.17) is 0 Å². The number of hydrogen-bond acceptors (Lipinski definition) is 6. The van der Waals surface area contributed by atoms with Gasteiger partial charge in [0.2, 0.25) is 11.8 Å². The minimum atomic E-state index is -1.19. The van der Waals surface area contributed by atoms with E-state index in [1.165, 1.54) is 34.9 Å². The van der Waals surface area contributed by atoms with Crippen molar-refractivity contribution in [2.24, 2.45) is 0 Å². The summed E-state index contributed by atoms with van der Waals surface area (Å²) in [6.07, 6.45) is -0.768. The van der Waals surface area contributed by atoms with Crippen molar-refractivity contribution < 1.29 is 24.6 Å². The van der Waals surface area contributed by atoms with Crippen LogP contribution in [0.25, 0.3) is 0 Å². The van der Waals surface area contributed by atoms with E-state index < -0.39 is 35.4 Å². The predicted molar refractivity (Wildman–Crippen MR) is 89.4 cm³/mol. The van der Waals surface area contributed by atoms with Gasteiger partial charge in [-0.15, -0.1) is 23.1 Å². The van der Waals surface area contributed by atoms with E-state index in [1.807, 2.05) is 17.5 Å². The molecule has 3 unspecified atom stereocenters. The second kappa shape index (κ2) is 6.58. The number of thiophene rings is 1. The number of rotatable bonds is 5. The monoisotopic (exact) mass is 368 g/mol. The molecule has 0 radical (unpaired) electrons. The first-order chi connectivity index (χ1) is 11.4. The SMILES string of the molecule is CC(O)C1=CS[C@@H]2C(NC(=O)Cc3cccs3)C(=O)N2C1C(=O)O. The fourth-order valence-corrected chi connectivity index (χ4v) is 4.82. The van der Waals surface area contributed by atoms with Gasteiger partial charge < -0.3 is 20.4 Å². The molecule has 24 heavy (non-hydrogen) atoms. The summed E-state index contributed by atoms with van der Waals surface area (Å²) in [7, 11) is 0. The van der Waals surface area contributed by atoms with Crippen LogP contribution in [0.5, 0.6) is 0 Å². The number of aliphatic carboxylic acids is 1. The van der Waals surface area contributed by atoms with Crippen LogP contribution in [-0.4, -0.2) is 56.5 Å². The Morgan fingerprint density at radius 2 is 2.21 bits per heavy atom. The third kappa shape index (κ3) is 2.94. The quantitative estimate of drug-likeness (QED) is 0.650. The van der Waals surface area contributed by atoms with Gasteiger partial charge in [-0.3, -0.25) is 9.59 Å². The standard InChI is InChI=1S/C15H16N2O5S2/c1-7(18)9-6-24-14-11(13(20)17(14)12(9)15(21)22)16-10(19)5-8-3-2-4-23-8/h2-4,6-7,11-12,14,18H,5H2,1H3,(H,16,19)(H,21,22)/t7?,11?,12?,14-/m1/s1. The number of carboxylic acids is 1. The molecule has 2 aliphatic rings. The average Bonchev–Trinajstić information content (AvgIpc) is 3.03. The lowest BCUT2D eigenvalue weighted by atomic mass is 9.95. The maximum atomic E-state index is 12.3. The molecule has 3 rings (SSSR count). The first-order valence-corrected chi connectivity index (χ1v) is 9.12. The van der Waals surface area contributed by atoms with Crippen molar-refractivity contribution in [1.82, 2.24) is 10.2 Å². The number of nitrogens with zero attached hydrogens (tertiary/aromatic N) is 1. The first-order valence-electron chi connectivity index (χ1n) is 7.30. The second-order valence-electron chi connectivity index (χ2n) is 5.61. The van der Waals surface area contributed by atoms with Crippen LogP contribution in [0.3, 0.4) is 0 Å². The molecule has 9 heteroatoms. The molecule has 1 aromatic heterocycles. The zero-order chi connectivity index (χ0) is 17.4. The predicted octanol–water partition coefficient (Wildman–Crippen LogP) is 0.408. The molecular weight excluding hydrogens is 352 g/mol. The summed E-state index contributed by atoms with van der Waals surface area (Å²) >= 11 is 2.70. The molecule has 2 amide bonds. The summed E-state index contributed by atoms with van der Waals surface area (Å²) in [6, 6.07) is 1.76. The van der Waals surface area contributed by atoms with Crippen LogP contribution in [0.4, 0.5) is 0 Å². The summed E-state index contributed by atoms with van der Waals surface area (Å²) < 4.78 is 0. The van der Waals surface area contributed by atoms with Gasteiger partial charge >= 0.3 is 5.97 Å². The molecule has 1 saturated heterocycles. The topological polar surface area (TPSA) is 107 Å². The molecule has 0 spiro atoms. The molecule has 0 aliphatic carbocycles. The fourth-order valence-electron chi connectivity index (χ4n) is 2.80. The van der Waals surface area contributed by atoms with Crippen molar-refractivity contribution in [3.05, 3.63) is 33.4 Å². The Bertz CT molecular complexity index is 701. The van der Waals surface area contributed by atoms with Crippen LogP contribution in [0.2, 0.25) is 0 Å². The van der Waals surface area contributed by atoms with Crippen molar-refractivity contribution in [1.29, 1.82) is 0 Å². The van der Waals surface area contributed by atoms with Gasteiger partial charge in [-0.2, -0.15) is 0 Å². The second-order valence-corrected chi connectivity index (χ2v) is 7.63. The van der Waals surface area contributed by atoms with E-state index >= 15 is 0 Å². The van der Waals surface area contributed by atoms with E-state index in [0.29, 0.717) is 0 Å². The molecule has 3 N–H and O–H groups in total. The maximum Gasteiger partial charge on any atom is 0.330 e. The van der Waals surface area contributed by atoms with Crippen molar-refractivity contribution in [2.75, 3.05) is 0 Å². The van der Waals surface area contributed by atoms with Gasteiger partial charge in [-0.25, -0.2) is 4.79 Å². The minimum absolute atomic E-state index is 0.190. The molecule has 3 heterocycles. The van der Waals surface area contributed by atoms with E-state index in [2.05, 4.69) is 5.32 Å². The fraction of sp³-hybridized carbons (Fsp3) is 0.400. The van der Waals surface area contributed by atoms with Gasteiger partial charge in [0.1, 0.15) is 11.4 Å². The summed E-state index contributed by atoms with van der Waals surface area (Å²) in [6.45, 7) is 1.47. The Kier molecular flexibility index (Phi) is 4.66. The Morgan fingerprint density at radius 1 is 1.46 bits per heavy atom. The maximum absolute atomic E-state index is 12.3. The van der Waals surface area contributed by atoms with Crippen LogP contribution in [0.15, 0.2) is 28.5 Å². The molecule has 1 aromatic rings. The highest BCUT2D eigenvalue weighted by atomic mass is 32.2. The summed E-state index contributed by atoms with van der Waals surface area (Å²) in [5.41, 5.74) is 0.278. The number of thioether (sulfide) groups is 1. The Hall–Kier alpha value is -1.84. The summed E-state index contributed by atoms with van der Waals surface area (Å²) in [5, 5.41) is 24.8. The van der Waals surface area contributed by atoms with Gasteiger partial charge in [-0.05, 0) is 29.4 Å². The molecule has 7 nitrogen and oxygen atoms in total. The van der Waals surface area contributed by atoms with Crippen LogP contribution < -0.4 is 5.32 Å². The van der Waals surface area contributed by atoms with E-state index in [-0.39, 0.29) is 17.9 Å². The van der Waals surface area contributed by atoms with Gasteiger partial charge in [-0.1, -0.05) is 6.07 Å². The highest BCUT2D eigenvalue weighted by Crippen LogP contribution is 2.40. The number of carbonyl (C=O) groups is 3. The number of nitrogens with one attached hydrogen (secondary N) is 1. The van der Waals surface area contributed by atoms with E-state index in [0.717, 1.165) is 4.88 Å². The van der Waals surface area contributed by atoms with Gasteiger partial charge in [0.25, 0.3) is 0 Å². The zero-order valence-corrected chi connectivity index (χ0v) is 14.3. The molecule has 1 fully saturated rings. The number of aliphatic hydroxyl groups excluding tert-OH is 1. The summed E-state index contributed by atoms with van der Waals surface area (Å²) in [4.78, 5) is 38.0. The normalized spacial score (nSPS) is 26.9. The molecule has 0 saturated carbocycles. The van der Waals surface area contributed by atoms with E-state index in [9.17, 15) is 24.6 Å². The third-order valence-electron chi connectivity index (χ3n) is 3.97. The van der Waals surface area contributed by atoms with Crippen molar-refractivity contribution in [3.8, 4) is 0 Å². The molecule has 128 valence electrons. The van der Waals surface area contributed by atoms with Gasteiger partial charge in [0, 0.05) is 4.88 Å². The zero-order valence-electron chi connectivity index (χ0n) is 12.7. The smallest absolute Gasteiger partial charge is 0.330 e. The van der Waals surface area contributed by atoms with Crippen LogP contribution in [0, 0.1) is 0 Å². The van der Waals surface area contributed by atoms with Crippen LogP contribution >= 0.6 is 23.1 Å². The number of amides is 2. The first kappa shape index (κ1) is 17.0. The molecule has 2 aliphatic heterocycles. The largest absolute Gasteiger partial charge is 0.479 e. The Balaban J connectivity index is 1.71. The Labute approximate surface area is 146 Å². The van der Waals surface area contributed by atoms with E-state index in [1.54, 1.807) is 5.41 Å². The Morgan fingerprint density at radius 3 is 2.79 bits per heavy atom. The summed E-state index contributed by atoms with van der Waals surface area (Å²) in [5.74, 6) is -1.90. The number of fused-ring (bicyclic) bond motifs is 1. The minimum Gasteiger partial charge on any atom is -0.479 e. The van der Waals surface area contributed by atoms with Gasteiger partial charge in [0.05, 0.1) is 12.5 Å². The van der Waals surface area contributed by atoms with Crippen molar-refractivity contribution >= 4 is 40.9 Å². The average molecular weight is 368 g/mol. The third-order valence-corrected chi connectivity index (χ3v) is 6.03. The number of carbonyl (C=O) groups excluding carboxylic acids is 2. The van der Waals surface area contributed by atoms with Gasteiger partial charge in [0.15, 0.2) is 6.04 Å². The molecule has 4 atom stereocenters. The molecule has 0 aromatic carbocycles. The number of carboxylic acid groups (broad SMARTS) is 1. The lowest BCUT2D eigenvalue weighted by Crippen LogP contribution is -2.74. The van der Waals surface area contributed by atoms with Crippen molar-refractivity contribution in [3.63, 3.8) is 0 Å². The van der Waals surface area contributed by atoms with Crippen molar-refractivity contribution in [2.45, 2.75) is 36.9 Å². The number of β-lactam (4-membered cyclic amide) rings is 1. The van der Waals surface area contributed by atoms with Crippen LogP contribution in [-0.2, 0) is 20.8 Å². The highest BCUT2D eigenvalue weighted by molar-refractivity contribution is 8.03.